The van der Waals surface area contributed by atoms with Crippen LogP contribution < -0.4 is 0 Å². The van der Waals surface area contributed by atoms with Gasteiger partial charge in [-0.25, -0.2) is 0 Å². The van der Waals surface area contributed by atoms with E-state index in [1.807, 2.05) is 0 Å². The highest BCUT2D eigenvalue weighted by Gasteiger charge is 2.25. The Morgan fingerprint density at radius 1 is 0.667 bits per heavy atom. The molecule has 3 atom stereocenters. The summed E-state index contributed by atoms with van der Waals surface area (Å²) in [7, 11) is 0. The molecule has 2 rings (SSSR count). The van der Waals surface area contributed by atoms with Crippen LogP contribution in [0.3, 0.4) is 0 Å². The van der Waals surface area contributed by atoms with Crippen molar-refractivity contribution in [2.45, 2.75) is 104 Å². The normalized spacial score (nSPS) is 34.0. The van der Waals surface area contributed by atoms with Gasteiger partial charge < -0.3 is 0 Å². The van der Waals surface area contributed by atoms with Crippen LogP contribution in [0.25, 0.3) is 0 Å². The summed E-state index contributed by atoms with van der Waals surface area (Å²) in [4.78, 5) is 0. The summed E-state index contributed by atoms with van der Waals surface area (Å²) in [6.45, 7) is 7.36. The van der Waals surface area contributed by atoms with Crippen molar-refractivity contribution < 1.29 is 0 Å². The monoisotopic (exact) mass is 292 g/mol. The van der Waals surface area contributed by atoms with Gasteiger partial charge in [0.25, 0.3) is 0 Å². The van der Waals surface area contributed by atoms with Crippen LogP contribution in [-0.4, -0.2) is 0 Å². The highest BCUT2D eigenvalue weighted by Crippen LogP contribution is 2.38. The van der Waals surface area contributed by atoms with Crippen molar-refractivity contribution >= 4 is 0 Å². The Labute approximate surface area is 134 Å². The fourth-order valence-corrected chi connectivity index (χ4v) is 5.21. The highest BCUT2D eigenvalue weighted by atomic mass is 14.3. The average Bonchev–Trinajstić information content (AvgIpc) is 2.48. The van der Waals surface area contributed by atoms with E-state index in [0.29, 0.717) is 0 Å². The van der Waals surface area contributed by atoms with E-state index in [4.69, 9.17) is 0 Å². The Morgan fingerprint density at radius 3 is 1.81 bits per heavy atom. The quantitative estimate of drug-likeness (QED) is 0.515. The van der Waals surface area contributed by atoms with E-state index < -0.39 is 0 Å². The summed E-state index contributed by atoms with van der Waals surface area (Å²) in [5, 5.41) is 0. The molecule has 0 saturated heterocycles. The number of rotatable bonds is 3. The molecule has 2 aliphatic rings. The molecule has 124 valence electrons. The van der Waals surface area contributed by atoms with Gasteiger partial charge in [0.1, 0.15) is 0 Å². The molecule has 0 radical (unpaired) electrons. The second kappa shape index (κ2) is 9.21. The van der Waals surface area contributed by atoms with Crippen molar-refractivity contribution in [2.24, 2.45) is 29.6 Å². The van der Waals surface area contributed by atoms with Gasteiger partial charge in [-0.1, -0.05) is 97.8 Å². The van der Waals surface area contributed by atoms with Crippen molar-refractivity contribution in [1.82, 2.24) is 0 Å². The predicted molar refractivity (Wildman–Crippen MR) is 94.5 cm³/mol. The van der Waals surface area contributed by atoms with Crippen LogP contribution in [-0.2, 0) is 0 Å². The standard InChI is InChI=1S/C21H40/c1-17(2)16-21-15-9-14-20(13-8-7-10-18(21)3)19-11-5-4-6-12-19/h17-21H,4-16H2,1-3H3. The maximum absolute atomic E-state index is 2.53. The molecule has 0 spiro atoms. The zero-order valence-corrected chi connectivity index (χ0v) is 15.1. The first-order valence-corrected chi connectivity index (χ1v) is 10.2. The molecule has 3 unspecified atom stereocenters. The predicted octanol–water partition coefficient (Wildman–Crippen LogP) is 7.23. The summed E-state index contributed by atoms with van der Waals surface area (Å²) in [6.07, 6.45) is 19.8. The summed E-state index contributed by atoms with van der Waals surface area (Å²) < 4.78 is 0. The average molecular weight is 293 g/mol. The van der Waals surface area contributed by atoms with Crippen LogP contribution in [0, 0.1) is 29.6 Å². The molecule has 0 aliphatic heterocycles. The minimum atomic E-state index is 0.884. The van der Waals surface area contributed by atoms with Crippen molar-refractivity contribution in [2.75, 3.05) is 0 Å². The van der Waals surface area contributed by atoms with E-state index in [0.717, 1.165) is 29.6 Å². The molecule has 2 saturated carbocycles. The zero-order chi connectivity index (χ0) is 15.1. The van der Waals surface area contributed by atoms with Crippen LogP contribution in [0.4, 0.5) is 0 Å². The first kappa shape index (κ1) is 17.4. The third kappa shape index (κ3) is 5.95. The molecule has 0 nitrogen and oxygen atoms in total. The molecular formula is C21H40. The molecule has 0 amide bonds. The van der Waals surface area contributed by atoms with E-state index in [1.54, 1.807) is 25.7 Å². The first-order chi connectivity index (χ1) is 10.2. The number of hydrogen-bond donors (Lipinski definition) is 0. The molecule has 0 bridgehead atoms. The highest BCUT2D eigenvalue weighted by molar-refractivity contribution is 4.77. The summed E-state index contributed by atoms with van der Waals surface area (Å²) in [6, 6.07) is 0. The van der Waals surface area contributed by atoms with Crippen LogP contribution in [0.5, 0.6) is 0 Å². The molecule has 0 heterocycles. The van der Waals surface area contributed by atoms with E-state index in [1.165, 1.54) is 57.8 Å². The van der Waals surface area contributed by atoms with E-state index in [9.17, 15) is 0 Å². The molecule has 0 aromatic rings. The maximum atomic E-state index is 2.53. The van der Waals surface area contributed by atoms with Gasteiger partial charge in [0.2, 0.25) is 0 Å². The van der Waals surface area contributed by atoms with Crippen LogP contribution >= 0.6 is 0 Å². The van der Waals surface area contributed by atoms with E-state index in [-0.39, 0.29) is 0 Å². The minimum absolute atomic E-state index is 0.884. The molecule has 21 heavy (non-hydrogen) atoms. The lowest BCUT2D eigenvalue weighted by atomic mass is 9.73. The van der Waals surface area contributed by atoms with Gasteiger partial charge in [0, 0.05) is 0 Å². The lowest BCUT2D eigenvalue weighted by Gasteiger charge is -2.33. The Hall–Kier alpha value is 0. The van der Waals surface area contributed by atoms with Gasteiger partial charge in [-0.15, -0.1) is 0 Å². The Bertz CT molecular complexity index is 261. The van der Waals surface area contributed by atoms with Crippen molar-refractivity contribution in [3.63, 3.8) is 0 Å². The first-order valence-electron chi connectivity index (χ1n) is 10.2. The van der Waals surface area contributed by atoms with Gasteiger partial charge in [0.15, 0.2) is 0 Å². The van der Waals surface area contributed by atoms with Gasteiger partial charge in [-0.05, 0) is 36.0 Å². The largest absolute Gasteiger partial charge is 0.0628 e. The van der Waals surface area contributed by atoms with E-state index >= 15 is 0 Å². The lowest BCUT2D eigenvalue weighted by Crippen LogP contribution is -2.21. The molecule has 2 fully saturated rings. The van der Waals surface area contributed by atoms with E-state index in [2.05, 4.69) is 20.8 Å². The van der Waals surface area contributed by atoms with Crippen molar-refractivity contribution in [3.8, 4) is 0 Å². The fourth-order valence-electron chi connectivity index (χ4n) is 5.21. The lowest BCUT2D eigenvalue weighted by molar-refractivity contribution is 0.187. The van der Waals surface area contributed by atoms with Gasteiger partial charge in [-0.3, -0.25) is 0 Å². The van der Waals surface area contributed by atoms with Gasteiger partial charge >= 0.3 is 0 Å². The molecule has 2 aliphatic carbocycles. The van der Waals surface area contributed by atoms with Crippen LogP contribution in [0.15, 0.2) is 0 Å². The Morgan fingerprint density at radius 2 is 1.19 bits per heavy atom. The summed E-state index contributed by atoms with van der Waals surface area (Å²) in [5.41, 5.74) is 0. The minimum Gasteiger partial charge on any atom is -0.0628 e. The topological polar surface area (TPSA) is 0 Å². The SMILES string of the molecule is CC(C)CC1CCCC(C2CCCCC2)CCCCC1C. The second-order valence-corrected chi connectivity index (χ2v) is 8.74. The van der Waals surface area contributed by atoms with Crippen molar-refractivity contribution in [1.29, 1.82) is 0 Å². The summed E-state index contributed by atoms with van der Waals surface area (Å²) in [5.74, 6) is 5.04. The smallest absolute Gasteiger partial charge is 0.0386 e. The van der Waals surface area contributed by atoms with Crippen LogP contribution in [0.2, 0.25) is 0 Å². The Balaban J connectivity index is 1.86. The maximum Gasteiger partial charge on any atom is -0.0386 e. The second-order valence-electron chi connectivity index (χ2n) is 8.74. The molecule has 0 N–H and O–H groups in total. The van der Waals surface area contributed by atoms with Gasteiger partial charge in [-0.2, -0.15) is 0 Å². The fraction of sp³-hybridized carbons (Fsp3) is 1.00. The number of hydrogen-bond acceptors (Lipinski definition) is 0. The van der Waals surface area contributed by atoms with Crippen molar-refractivity contribution in [3.05, 3.63) is 0 Å². The molecule has 0 aromatic carbocycles. The Kier molecular flexibility index (Phi) is 7.61. The zero-order valence-electron chi connectivity index (χ0n) is 15.1. The molecule has 0 aromatic heterocycles. The molecule has 0 heteroatoms. The van der Waals surface area contributed by atoms with Gasteiger partial charge in [0.05, 0.1) is 0 Å². The van der Waals surface area contributed by atoms with Crippen LogP contribution in [0.1, 0.15) is 104 Å². The third-order valence-corrected chi connectivity index (χ3v) is 6.53. The third-order valence-electron chi connectivity index (χ3n) is 6.53. The molecular weight excluding hydrogens is 252 g/mol. The summed E-state index contributed by atoms with van der Waals surface area (Å²) >= 11 is 0.